The molecule has 52 heavy (non-hydrogen) atoms. The number of aliphatic carboxylic acids is 1. The highest BCUT2D eigenvalue weighted by molar-refractivity contribution is 7.98. The number of alkyl halides is 6. The first-order valence-corrected chi connectivity index (χ1v) is 18.9. The van der Waals surface area contributed by atoms with E-state index in [-0.39, 0.29) is 16.3 Å². The molecule has 2 heterocycles. The normalized spacial score (nSPS) is 18.0. The summed E-state index contributed by atoms with van der Waals surface area (Å²) in [5.74, 6) is -4.91. The minimum Gasteiger partial charge on any atom is -0.475 e. The fourth-order valence-electron chi connectivity index (χ4n) is 5.36. The van der Waals surface area contributed by atoms with Gasteiger partial charge in [0.2, 0.25) is 5.91 Å². The lowest BCUT2D eigenvalue weighted by Crippen LogP contribution is -2.55. The molecule has 2 saturated heterocycles. The van der Waals surface area contributed by atoms with Gasteiger partial charge in [0.1, 0.15) is 0 Å². The zero-order valence-electron chi connectivity index (χ0n) is 28.1. The molecule has 2 fully saturated rings. The Hall–Kier alpha value is -4.04. The highest BCUT2D eigenvalue weighted by Crippen LogP contribution is 2.32. The van der Waals surface area contributed by atoms with Gasteiger partial charge in [0.25, 0.3) is 5.91 Å². The van der Waals surface area contributed by atoms with Crippen molar-refractivity contribution in [2.45, 2.75) is 54.4 Å². The summed E-state index contributed by atoms with van der Waals surface area (Å²) in [4.78, 5) is 52.1. The lowest BCUT2D eigenvalue weighted by molar-refractivity contribution is -0.192. The van der Waals surface area contributed by atoms with Crippen LogP contribution in [0.4, 0.5) is 36.8 Å². The Morgan fingerprint density at radius 1 is 0.981 bits per heavy atom. The third-order valence-corrected chi connectivity index (χ3v) is 10.8. The van der Waals surface area contributed by atoms with Gasteiger partial charge in [-0.2, -0.15) is 26.3 Å². The molecule has 12 nitrogen and oxygen atoms in total. The SMILES string of the molecule is CCCN1CC[C@@H](CS(=O)(=O)c2ccc(SC)cc2)[C@@H](NC(=O)CNC(=O)c2cc(C(F)(F)F)ccc2NC(=O)N2CCC2)C1.O=C(O)C(F)(F)F. The molecule has 4 N–H and O–H groups in total. The van der Waals surface area contributed by atoms with Gasteiger partial charge in [0.15, 0.2) is 9.84 Å². The Morgan fingerprint density at radius 2 is 1.62 bits per heavy atom. The van der Waals surface area contributed by atoms with E-state index >= 15 is 0 Å². The van der Waals surface area contributed by atoms with Crippen LogP contribution in [0.5, 0.6) is 0 Å². The molecule has 4 rings (SSSR count). The van der Waals surface area contributed by atoms with Crippen molar-refractivity contribution in [3.05, 3.63) is 53.6 Å². The number of likely N-dealkylation sites (tertiary alicyclic amines) is 2. The fraction of sp³-hybridized carbons (Fsp3) is 0.500. The van der Waals surface area contributed by atoms with Gasteiger partial charge >= 0.3 is 24.4 Å². The minimum absolute atomic E-state index is 0.115. The van der Waals surface area contributed by atoms with Crippen molar-refractivity contribution >= 4 is 51.1 Å². The lowest BCUT2D eigenvalue weighted by atomic mass is 9.93. The second-order valence-electron chi connectivity index (χ2n) is 12.0. The summed E-state index contributed by atoms with van der Waals surface area (Å²) in [7, 11) is -3.66. The number of halogens is 6. The van der Waals surface area contributed by atoms with Gasteiger partial charge in [0, 0.05) is 30.6 Å². The minimum atomic E-state index is -5.08. The van der Waals surface area contributed by atoms with Crippen LogP contribution in [0.3, 0.4) is 0 Å². The number of carboxylic acids is 1. The number of carbonyl (C=O) groups excluding carboxylic acids is 3. The van der Waals surface area contributed by atoms with Crippen molar-refractivity contribution in [2.24, 2.45) is 5.92 Å². The Kier molecular flexibility index (Phi) is 14.8. The molecule has 0 saturated carbocycles. The molecular weight excluding hydrogens is 745 g/mol. The fourth-order valence-corrected chi connectivity index (χ4v) is 7.47. The average molecular weight is 784 g/mol. The molecule has 2 atom stereocenters. The van der Waals surface area contributed by atoms with Crippen LogP contribution < -0.4 is 16.0 Å². The van der Waals surface area contributed by atoms with Crippen LogP contribution in [0.15, 0.2) is 52.3 Å². The van der Waals surface area contributed by atoms with Gasteiger partial charge in [-0.25, -0.2) is 18.0 Å². The van der Waals surface area contributed by atoms with Crippen LogP contribution in [0.2, 0.25) is 0 Å². The molecule has 0 aromatic heterocycles. The lowest BCUT2D eigenvalue weighted by Gasteiger charge is -2.38. The van der Waals surface area contributed by atoms with Gasteiger partial charge < -0.3 is 30.9 Å². The summed E-state index contributed by atoms with van der Waals surface area (Å²) >= 11 is 1.50. The number of carboxylic acid groups (broad SMARTS) is 1. The van der Waals surface area contributed by atoms with Crippen LogP contribution >= 0.6 is 11.8 Å². The highest BCUT2D eigenvalue weighted by atomic mass is 32.2. The van der Waals surface area contributed by atoms with Crippen LogP contribution in [0.1, 0.15) is 42.1 Å². The summed E-state index contributed by atoms with van der Waals surface area (Å²) in [6.07, 6.45) is -5.71. The highest BCUT2D eigenvalue weighted by Gasteiger charge is 2.38. The quantitative estimate of drug-likeness (QED) is 0.187. The number of urea groups is 1. The van der Waals surface area contributed by atoms with Crippen molar-refractivity contribution in [3.63, 3.8) is 0 Å². The van der Waals surface area contributed by atoms with Crippen molar-refractivity contribution in [1.82, 2.24) is 20.4 Å². The van der Waals surface area contributed by atoms with E-state index in [1.165, 1.54) is 16.7 Å². The molecule has 4 amide bonds. The van der Waals surface area contributed by atoms with E-state index in [9.17, 15) is 49.1 Å². The first-order chi connectivity index (χ1) is 24.2. The zero-order chi connectivity index (χ0) is 38.9. The molecule has 0 bridgehead atoms. The van der Waals surface area contributed by atoms with E-state index < -0.39 is 75.6 Å². The Labute approximate surface area is 300 Å². The third-order valence-electron chi connectivity index (χ3n) is 8.21. The second kappa shape index (κ2) is 18.1. The number of nitrogens with one attached hydrogen (secondary N) is 3. The van der Waals surface area contributed by atoms with Gasteiger partial charge in [-0.3, -0.25) is 9.59 Å². The van der Waals surface area contributed by atoms with Crippen molar-refractivity contribution in [1.29, 1.82) is 0 Å². The summed E-state index contributed by atoms with van der Waals surface area (Å²) in [5, 5.41) is 14.8. The maximum Gasteiger partial charge on any atom is 0.490 e. The predicted octanol–water partition coefficient (Wildman–Crippen LogP) is 4.72. The first kappa shape index (κ1) is 42.4. The van der Waals surface area contributed by atoms with Crippen molar-refractivity contribution in [3.8, 4) is 0 Å². The predicted molar refractivity (Wildman–Crippen MR) is 180 cm³/mol. The largest absolute Gasteiger partial charge is 0.490 e. The van der Waals surface area contributed by atoms with Crippen molar-refractivity contribution in [2.75, 3.05) is 56.6 Å². The van der Waals surface area contributed by atoms with E-state index in [2.05, 4.69) is 20.9 Å². The van der Waals surface area contributed by atoms with E-state index in [0.717, 1.165) is 36.4 Å². The maximum atomic E-state index is 13.4. The topological polar surface area (TPSA) is 165 Å². The third kappa shape index (κ3) is 12.3. The standard InChI is InChI=1S/C30H38F3N5O5S2.C2HF3O2/c1-3-12-37-15-11-20(19-45(42,43)23-8-6-22(44-2)7-9-23)26(18-37)35-27(39)17-34-28(40)24-16-21(30(31,32)33)5-10-25(24)36-29(41)38-13-4-14-38;3-2(4,5)1(6)7/h5-10,16,20,26H,3-4,11-15,17-19H2,1-2H3,(H,34,40)(H,35,39)(H,36,41);(H,6,7)/t20-,26-;/m0./s1. The second-order valence-corrected chi connectivity index (χ2v) is 14.9. The van der Waals surface area contributed by atoms with E-state index in [0.29, 0.717) is 38.7 Å². The molecular formula is C32H39F6N5O7S2. The average Bonchev–Trinajstić information content (AvgIpc) is 3.03. The number of benzene rings is 2. The molecule has 20 heteroatoms. The maximum absolute atomic E-state index is 13.4. The summed E-state index contributed by atoms with van der Waals surface area (Å²) in [6.45, 7) is 4.30. The van der Waals surface area contributed by atoms with Gasteiger partial charge in [-0.05, 0) is 87.0 Å². The molecule has 0 aliphatic carbocycles. The van der Waals surface area contributed by atoms with Crippen LogP contribution in [-0.4, -0.2) is 111 Å². The number of carbonyl (C=O) groups is 4. The number of piperidine rings is 1. The molecule has 288 valence electrons. The number of sulfone groups is 1. The number of amides is 4. The van der Waals surface area contributed by atoms with Gasteiger partial charge in [0.05, 0.1) is 34.0 Å². The molecule has 2 aliphatic heterocycles. The van der Waals surface area contributed by atoms with Crippen molar-refractivity contribution < 1.29 is 59.0 Å². The molecule has 2 aromatic carbocycles. The monoisotopic (exact) mass is 783 g/mol. The molecule has 0 spiro atoms. The Morgan fingerprint density at radius 3 is 2.13 bits per heavy atom. The summed E-state index contributed by atoms with van der Waals surface area (Å²) < 4.78 is 98.6. The molecule has 0 unspecified atom stereocenters. The Balaban J connectivity index is 0.000000944. The molecule has 0 radical (unpaired) electrons. The number of nitrogens with zero attached hydrogens (tertiary/aromatic N) is 2. The van der Waals surface area contributed by atoms with E-state index in [1.807, 2.05) is 13.2 Å². The van der Waals surface area contributed by atoms with Crippen LogP contribution in [0, 0.1) is 5.92 Å². The number of rotatable bonds is 11. The molecule has 2 aliphatic rings. The summed E-state index contributed by atoms with van der Waals surface area (Å²) in [6, 6.07) is 7.98. The zero-order valence-corrected chi connectivity index (χ0v) is 29.8. The Bertz CT molecular complexity index is 1690. The smallest absolute Gasteiger partial charge is 0.475 e. The van der Waals surface area contributed by atoms with E-state index in [1.54, 1.807) is 24.3 Å². The number of anilines is 1. The summed E-state index contributed by atoms with van der Waals surface area (Å²) in [5.41, 5.74) is -1.63. The first-order valence-electron chi connectivity index (χ1n) is 16.0. The van der Waals surface area contributed by atoms with Gasteiger partial charge in [-0.15, -0.1) is 11.8 Å². The molecule has 2 aromatic rings. The van der Waals surface area contributed by atoms with Crippen LogP contribution in [0.25, 0.3) is 0 Å². The van der Waals surface area contributed by atoms with Crippen LogP contribution in [-0.2, 0) is 25.6 Å². The number of thioether (sulfide) groups is 1. The number of hydrogen-bond donors (Lipinski definition) is 4. The van der Waals surface area contributed by atoms with Gasteiger partial charge in [-0.1, -0.05) is 6.92 Å². The van der Waals surface area contributed by atoms with E-state index in [4.69, 9.17) is 9.90 Å². The number of hydrogen-bond acceptors (Lipinski definition) is 8.